The molecule has 0 aliphatic rings. The van der Waals surface area contributed by atoms with Crippen molar-refractivity contribution in [2.75, 3.05) is 18.5 Å². The number of aryl methyl sites for hydroxylation is 2. The third kappa shape index (κ3) is 6.10. The topological polar surface area (TPSA) is 71.3 Å². The van der Waals surface area contributed by atoms with Crippen molar-refractivity contribution in [1.29, 1.82) is 5.26 Å². The maximum Gasteiger partial charge on any atom is 0.266 e. The number of nitrogens with one attached hydrogen (secondary N) is 1. The molecule has 0 saturated heterocycles. The fourth-order valence-electron chi connectivity index (χ4n) is 2.65. The predicted molar refractivity (Wildman–Crippen MR) is 119 cm³/mol. The van der Waals surface area contributed by atoms with Crippen LogP contribution in [0.5, 0.6) is 11.5 Å². The number of carbonyl (C=O) groups is 1. The summed E-state index contributed by atoms with van der Waals surface area (Å²) in [5.41, 5.74) is 3.32. The Morgan fingerprint density at radius 3 is 2.62 bits per heavy atom. The van der Waals surface area contributed by atoms with Crippen LogP contribution in [0, 0.1) is 25.2 Å². The third-order valence-corrected chi connectivity index (χ3v) is 4.69. The van der Waals surface area contributed by atoms with E-state index in [1.807, 2.05) is 52.0 Å². The van der Waals surface area contributed by atoms with Gasteiger partial charge in [-0.05, 0) is 84.1 Å². The number of carbonyl (C=O) groups excluding carboxylic acids is 1. The number of nitriles is 1. The van der Waals surface area contributed by atoms with E-state index in [0.717, 1.165) is 17.5 Å². The van der Waals surface area contributed by atoms with Gasteiger partial charge in [0.2, 0.25) is 0 Å². The molecule has 0 saturated carbocycles. The maximum absolute atomic E-state index is 12.6. The number of rotatable bonds is 8. The monoisotopic (exact) mass is 456 g/mol. The second-order valence-electron chi connectivity index (χ2n) is 6.55. The van der Waals surface area contributed by atoms with Gasteiger partial charge >= 0.3 is 0 Å². The summed E-state index contributed by atoms with van der Waals surface area (Å²) in [5, 5.41) is 12.3. The first kappa shape index (κ1) is 22.5. The summed E-state index contributed by atoms with van der Waals surface area (Å²) >= 11 is 3.50. The second kappa shape index (κ2) is 10.7. The Labute approximate surface area is 180 Å². The normalized spacial score (nSPS) is 11.0. The molecular weight excluding hydrogens is 432 g/mol. The van der Waals surface area contributed by atoms with Crippen LogP contribution in [0.15, 0.2) is 40.4 Å². The Bertz CT molecular complexity index is 961. The molecule has 0 fully saturated rings. The lowest BCUT2D eigenvalue weighted by molar-refractivity contribution is -0.112. The van der Waals surface area contributed by atoms with Gasteiger partial charge in [-0.15, -0.1) is 0 Å². The van der Waals surface area contributed by atoms with Gasteiger partial charge in [0.25, 0.3) is 5.91 Å². The summed E-state index contributed by atoms with van der Waals surface area (Å²) in [5.74, 6) is 0.722. The molecule has 0 radical (unpaired) electrons. The first-order chi connectivity index (χ1) is 13.9. The van der Waals surface area contributed by atoms with E-state index in [2.05, 4.69) is 21.2 Å². The van der Waals surface area contributed by atoms with E-state index < -0.39 is 5.91 Å². The highest BCUT2D eigenvalue weighted by atomic mass is 79.9. The zero-order valence-corrected chi connectivity index (χ0v) is 18.7. The summed E-state index contributed by atoms with van der Waals surface area (Å²) in [4.78, 5) is 12.6. The molecule has 0 spiro atoms. The molecule has 2 rings (SSSR count). The van der Waals surface area contributed by atoms with Gasteiger partial charge in [0.1, 0.15) is 11.6 Å². The highest BCUT2D eigenvalue weighted by molar-refractivity contribution is 9.10. The van der Waals surface area contributed by atoms with E-state index >= 15 is 0 Å². The van der Waals surface area contributed by atoms with Crippen LogP contribution in [0.25, 0.3) is 6.08 Å². The Hall–Kier alpha value is -2.78. The number of amides is 1. The van der Waals surface area contributed by atoms with Crippen molar-refractivity contribution in [2.24, 2.45) is 0 Å². The van der Waals surface area contributed by atoms with Crippen molar-refractivity contribution in [3.63, 3.8) is 0 Å². The average molecular weight is 457 g/mol. The van der Waals surface area contributed by atoms with Crippen LogP contribution < -0.4 is 14.8 Å². The van der Waals surface area contributed by atoms with Gasteiger partial charge in [0.15, 0.2) is 11.5 Å². The zero-order valence-electron chi connectivity index (χ0n) is 17.1. The molecule has 2 aromatic carbocycles. The van der Waals surface area contributed by atoms with Gasteiger partial charge in [0.05, 0.1) is 17.7 Å². The quantitative estimate of drug-likeness (QED) is 0.402. The Balaban J connectivity index is 2.35. The summed E-state index contributed by atoms with van der Waals surface area (Å²) in [7, 11) is 0. The number of halogens is 1. The van der Waals surface area contributed by atoms with Crippen molar-refractivity contribution in [1.82, 2.24) is 0 Å². The Morgan fingerprint density at radius 2 is 1.97 bits per heavy atom. The first-order valence-corrected chi connectivity index (χ1v) is 10.3. The predicted octanol–water partition coefficient (Wildman–Crippen LogP) is 5.80. The SMILES string of the molecule is CCCOc1c(Br)cc(/C=C(/C#N)C(=O)Nc2cc(C)ccc2C)cc1OCC. The Morgan fingerprint density at radius 1 is 1.21 bits per heavy atom. The number of hydrogen-bond acceptors (Lipinski definition) is 4. The van der Waals surface area contributed by atoms with E-state index in [1.54, 1.807) is 12.1 Å². The number of anilines is 1. The molecule has 5 nitrogen and oxygen atoms in total. The number of ether oxygens (including phenoxy) is 2. The minimum absolute atomic E-state index is 0.00230. The van der Waals surface area contributed by atoms with Crippen LogP contribution in [0.2, 0.25) is 0 Å². The molecule has 29 heavy (non-hydrogen) atoms. The molecule has 0 aliphatic carbocycles. The summed E-state index contributed by atoms with van der Waals surface area (Å²) in [6.07, 6.45) is 2.41. The number of nitrogens with zero attached hydrogens (tertiary/aromatic N) is 1. The van der Waals surface area contributed by atoms with Gasteiger partial charge in [0, 0.05) is 5.69 Å². The van der Waals surface area contributed by atoms with Gasteiger partial charge in [-0.2, -0.15) is 5.26 Å². The number of hydrogen-bond donors (Lipinski definition) is 1. The zero-order chi connectivity index (χ0) is 21.4. The molecule has 1 N–H and O–H groups in total. The summed E-state index contributed by atoms with van der Waals surface area (Å²) in [6, 6.07) is 11.3. The minimum atomic E-state index is -0.457. The van der Waals surface area contributed by atoms with Gasteiger partial charge in [-0.1, -0.05) is 19.1 Å². The lowest BCUT2D eigenvalue weighted by Gasteiger charge is -2.14. The van der Waals surface area contributed by atoms with Crippen molar-refractivity contribution in [2.45, 2.75) is 34.1 Å². The van der Waals surface area contributed by atoms with E-state index in [1.165, 1.54) is 6.08 Å². The summed E-state index contributed by atoms with van der Waals surface area (Å²) < 4.78 is 12.2. The third-order valence-electron chi connectivity index (χ3n) is 4.10. The smallest absolute Gasteiger partial charge is 0.266 e. The molecule has 0 bridgehead atoms. The van der Waals surface area contributed by atoms with Crippen LogP contribution in [-0.4, -0.2) is 19.1 Å². The fraction of sp³-hybridized carbons (Fsp3) is 0.304. The van der Waals surface area contributed by atoms with Crippen molar-refractivity contribution < 1.29 is 14.3 Å². The fourth-order valence-corrected chi connectivity index (χ4v) is 3.23. The molecule has 152 valence electrons. The Kier molecular flexibility index (Phi) is 8.29. The van der Waals surface area contributed by atoms with Gasteiger partial charge < -0.3 is 14.8 Å². The van der Waals surface area contributed by atoms with E-state index in [-0.39, 0.29) is 5.57 Å². The van der Waals surface area contributed by atoms with Gasteiger partial charge in [-0.3, -0.25) is 4.79 Å². The van der Waals surface area contributed by atoms with Crippen LogP contribution >= 0.6 is 15.9 Å². The molecular formula is C23H25BrN2O3. The minimum Gasteiger partial charge on any atom is -0.490 e. The van der Waals surface area contributed by atoms with Gasteiger partial charge in [-0.25, -0.2) is 0 Å². The van der Waals surface area contributed by atoms with Crippen molar-refractivity contribution in [3.05, 3.63) is 57.1 Å². The molecule has 0 heterocycles. The average Bonchev–Trinajstić information content (AvgIpc) is 2.68. The van der Waals surface area contributed by atoms with Crippen LogP contribution in [0.1, 0.15) is 37.0 Å². The standard InChI is InChI=1S/C23H25BrN2O3/c1-5-9-29-22-19(24)12-17(13-21(22)28-6-2)11-18(14-25)23(27)26-20-10-15(3)7-8-16(20)4/h7-8,10-13H,5-6,9H2,1-4H3,(H,26,27)/b18-11-. The second-order valence-corrected chi connectivity index (χ2v) is 7.41. The maximum atomic E-state index is 12.6. The number of benzene rings is 2. The first-order valence-electron chi connectivity index (χ1n) is 9.49. The van der Waals surface area contributed by atoms with Crippen LogP contribution in [0.4, 0.5) is 5.69 Å². The summed E-state index contributed by atoms with van der Waals surface area (Å²) in [6.45, 7) is 8.81. The van der Waals surface area contributed by atoms with Crippen molar-refractivity contribution in [3.8, 4) is 17.6 Å². The van der Waals surface area contributed by atoms with Crippen LogP contribution in [0.3, 0.4) is 0 Å². The molecule has 0 atom stereocenters. The lowest BCUT2D eigenvalue weighted by atomic mass is 10.1. The van der Waals surface area contributed by atoms with E-state index in [0.29, 0.717) is 40.4 Å². The van der Waals surface area contributed by atoms with E-state index in [4.69, 9.17) is 9.47 Å². The highest BCUT2D eigenvalue weighted by Crippen LogP contribution is 2.37. The van der Waals surface area contributed by atoms with Crippen LogP contribution in [-0.2, 0) is 4.79 Å². The molecule has 2 aromatic rings. The molecule has 0 unspecified atom stereocenters. The van der Waals surface area contributed by atoms with E-state index in [9.17, 15) is 10.1 Å². The molecule has 1 amide bonds. The molecule has 0 aliphatic heterocycles. The largest absolute Gasteiger partial charge is 0.490 e. The van der Waals surface area contributed by atoms with Crippen molar-refractivity contribution >= 4 is 33.6 Å². The highest BCUT2D eigenvalue weighted by Gasteiger charge is 2.15. The molecule has 0 aromatic heterocycles. The molecule has 6 heteroatoms. The lowest BCUT2D eigenvalue weighted by Crippen LogP contribution is -2.14.